The van der Waals surface area contributed by atoms with Crippen molar-refractivity contribution in [1.82, 2.24) is 0 Å². The van der Waals surface area contributed by atoms with Crippen molar-refractivity contribution >= 4 is 11.8 Å². The fourth-order valence-corrected chi connectivity index (χ4v) is 2.07. The number of rotatable bonds is 2. The zero-order valence-electron chi connectivity index (χ0n) is 12.5. The number of hydrogen-bond acceptors (Lipinski definition) is 2. The number of aryl methyl sites for hydroxylation is 1. The molecule has 0 saturated carbocycles. The number of aromatic hydroxyl groups is 1. The largest absolute Gasteiger partial charge is 0.508 e. The van der Waals surface area contributed by atoms with Crippen LogP contribution in [0.15, 0.2) is 58.3 Å². The van der Waals surface area contributed by atoms with Crippen molar-refractivity contribution in [3.05, 3.63) is 54.1 Å². The maximum atomic E-state index is 9.15. The summed E-state index contributed by atoms with van der Waals surface area (Å²) in [6, 6.07) is 15.7. The van der Waals surface area contributed by atoms with Gasteiger partial charge in [-0.25, -0.2) is 0 Å². The van der Waals surface area contributed by atoms with Crippen molar-refractivity contribution in [2.75, 3.05) is 0 Å². The van der Waals surface area contributed by atoms with E-state index >= 15 is 0 Å². The second-order valence-electron chi connectivity index (χ2n) is 3.41. The van der Waals surface area contributed by atoms with Gasteiger partial charge in [0.15, 0.2) is 0 Å². The van der Waals surface area contributed by atoms with E-state index in [2.05, 4.69) is 31.2 Å². The van der Waals surface area contributed by atoms with Gasteiger partial charge >= 0.3 is 0 Å². The molecule has 0 radical (unpaired) electrons. The highest BCUT2D eigenvalue weighted by Gasteiger charge is 1.96. The highest BCUT2D eigenvalue weighted by molar-refractivity contribution is 7.99. The van der Waals surface area contributed by atoms with Crippen molar-refractivity contribution < 1.29 is 5.11 Å². The quantitative estimate of drug-likeness (QED) is 0.736. The molecule has 1 nitrogen and oxygen atoms in total. The number of phenols is 1. The average Bonchev–Trinajstić information content (AvgIpc) is 2.48. The van der Waals surface area contributed by atoms with Crippen LogP contribution in [0.3, 0.4) is 0 Å². The van der Waals surface area contributed by atoms with E-state index in [-0.39, 0.29) is 0 Å². The molecule has 104 valence electrons. The second kappa shape index (κ2) is 10.5. The molecule has 2 rings (SSSR count). The van der Waals surface area contributed by atoms with E-state index < -0.39 is 0 Å². The Balaban J connectivity index is 0.000000741. The number of phenolic OH excluding ortho intramolecular Hbond substituents is 1. The molecule has 0 spiro atoms. The van der Waals surface area contributed by atoms with Crippen LogP contribution in [-0.4, -0.2) is 5.11 Å². The fraction of sp³-hybridized carbons (Fsp3) is 0.294. The summed E-state index contributed by atoms with van der Waals surface area (Å²) < 4.78 is 0. The van der Waals surface area contributed by atoms with Crippen LogP contribution in [0, 0.1) is 6.92 Å². The monoisotopic (exact) mass is 276 g/mol. The lowest BCUT2D eigenvalue weighted by atomic mass is 10.2. The second-order valence-corrected chi connectivity index (χ2v) is 4.56. The summed E-state index contributed by atoms with van der Waals surface area (Å²) in [7, 11) is 0. The van der Waals surface area contributed by atoms with Crippen LogP contribution in [0.2, 0.25) is 0 Å². The van der Waals surface area contributed by atoms with E-state index in [1.807, 2.05) is 39.8 Å². The molecule has 0 aromatic heterocycles. The first-order valence-corrected chi connectivity index (χ1v) is 7.59. The molecule has 0 saturated heterocycles. The molecule has 0 unspecified atom stereocenters. The molecule has 0 bridgehead atoms. The van der Waals surface area contributed by atoms with Crippen LogP contribution >= 0.6 is 11.8 Å². The lowest BCUT2D eigenvalue weighted by Gasteiger charge is -2.02. The molecule has 2 heteroatoms. The maximum Gasteiger partial charge on any atom is 0.115 e. The molecular formula is C17H24OS. The molecule has 2 aromatic rings. The molecule has 0 atom stereocenters. The van der Waals surface area contributed by atoms with Gasteiger partial charge in [0.05, 0.1) is 0 Å². The first-order valence-electron chi connectivity index (χ1n) is 6.77. The van der Waals surface area contributed by atoms with Gasteiger partial charge in [-0.05, 0) is 43.3 Å². The molecule has 19 heavy (non-hydrogen) atoms. The van der Waals surface area contributed by atoms with Crippen molar-refractivity contribution in [3.8, 4) is 5.75 Å². The van der Waals surface area contributed by atoms with E-state index in [1.165, 1.54) is 10.5 Å². The molecule has 0 heterocycles. The lowest BCUT2D eigenvalue weighted by Crippen LogP contribution is -1.74. The summed E-state index contributed by atoms with van der Waals surface area (Å²) in [5.41, 5.74) is 1.27. The lowest BCUT2D eigenvalue weighted by molar-refractivity contribution is 0.475. The SMILES string of the molecule is CC.CC.Cc1ccc(Sc2ccc(O)cc2)cc1. The predicted molar refractivity (Wildman–Crippen MR) is 86.1 cm³/mol. The molecule has 0 aliphatic heterocycles. The Labute approximate surface area is 121 Å². The van der Waals surface area contributed by atoms with Crippen LogP contribution in [0.5, 0.6) is 5.75 Å². The standard InChI is InChI=1S/C13H12OS.2C2H6/c1-10-2-6-12(7-3-10)15-13-8-4-11(14)5-9-13;2*1-2/h2-9,14H,1H3;2*1-2H3. The molecule has 0 amide bonds. The van der Waals surface area contributed by atoms with Crippen molar-refractivity contribution in [2.45, 2.75) is 44.4 Å². The maximum absolute atomic E-state index is 9.15. The van der Waals surface area contributed by atoms with Crippen LogP contribution in [-0.2, 0) is 0 Å². The minimum atomic E-state index is 0.309. The minimum Gasteiger partial charge on any atom is -0.508 e. The van der Waals surface area contributed by atoms with Gasteiger partial charge in [0.25, 0.3) is 0 Å². The zero-order chi connectivity index (χ0) is 14.7. The van der Waals surface area contributed by atoms with Crippen LogP contribution < -0.4 is 0 Å². The van der Waals surface area contributed by atoms with E-state index in [0.717, 1.165) is 4.90 Å². The van der Waals surface area contributed by atoms with Gasteiger partial charge in [-0.15, -0.1) is 0 Å². The minimum absolute atomic E-state index is 0.309. The first kappa shape index (κ1) is 17.6. The Morgan fingerprint density at radius 3 is 1.47 bits per heavy atom. The Morgan fingerprint density at radius 1 is 0.684 bits per heavy atom. The van der Waals surface area contributed by atoms with Gasteiger partial charge < -0.3 is 5.11 Å². The molecule has 0 aliphatic rings. The Kier molecular flexibility index (Phi) is 9.73. The third kappa shape index (κ3) is 6.92. The van der Waals surface area contributed by atoms with Gasteiger partial charge in [0.1, 0.15) is 5.75 Å². The predicted octanol–water partition coefficient (Wildman–Crippen LogP) is 5.90. The van der Waals surface area contributed by atoms with E-state index in [9.17, 15) is 0 Å². The van der Waals surface area contributed by atoms with E-state index in [4.69, 9.17) is 5.11 Å². The van der Waals surface area contributed by atoms with Gasteiger partial charge in [0, 0.05) is 9.79 Å². The molecule has 0 fully saturated rings. The third-order valence-corrected chi connectivity index (χ3v) is 3.11. The Morgan fingerprint density at radius 2 is 1.05 bits per heavy atom. The fourth-order valence-electron chi connectivity index (χ4n) is 1.26. The smallest absolute Gasteiger partial charge is 0.115 e. The average molecular weight is 276 g/mol. The summed E-state index contributed by atoms with van der Waals surface area (Å²) >= 11 is 1.69. The van der Waals surface area contributed by atoms with E-state index in [0.29, 0.717) is 5.75 Å². The van der Waals surface area contributed by atoms with Gasteiger partial charge in [0.2, 0.25) is 0 Å². The first-order chi connectivity index (χ1) is 9.24. The summed E-state index contributed by atoms with van der Waals surface area (Å²) in [4.78, 5) is 2.35. The molecule has 0 aliphatic carbocycles. The topological polar surface area (TPSA) is 20.2 Å². The van der Waals surface area contributed by atoms with Crippen molar-refractivity contribution in [3.63, 3.8) is 0 Å². The van der Waals surface area contributed by atoms with Crippen LogP contribution in [0.25, 0.3) is 0 Å². The van der Waals surface area contributed by atoms with E-state index in [1.54, 1.807) is 23.9 Å². The Hall–Kier alpha value is -1.41. The summed E-state index contributed by atoms with van der Waals surface area (Å²) in [6.45, 7) is 10.1. The third-order valence-electron chi connectivity index (χ3n) is 2.09. The molecule has 2 aromatic carbocycles. The summed E-state index contributed by atoms with van der Waals surface area (Å²) in [5.74, 6) is 0.309. The number of benzene rings is 2. The Bertz CT molecular complexity index is 388. The highest BCUT2D eigenvalue weighted by atomic mass is 32.2. The van der Waals surface area contributed by atoms with Crippen LogP contribution in [0.4, 0.5) is 0 Å². The summed E-state index contributed by atoms with van der Waals surface area (Å²) in [5, 5.41) is 9.15. The van der Waals surface area contributed by atoms with Gasteiger partial charge in [-0.1, -0.05) is 57.2 Å². The molecule has 1 N–H and O–H groups in total. The summed E-state index contributed by atoms with van der Waals surface area (Å²) in [6.07, 6.45) is 0. The van der Waals surface area contributed by atoms with Gasteiger partial charge in [-0.2, -0.15) is 0 Å². The zero-order valence-corrected chi connectivity index (χ0v) is 13.3. The highest BCUT2D eigenvalue weighted by Crippen LogP contribution is 2.28. The van der Waals surface area contributed by atoms with Gasteiger partial charge in [-0.3, -0.25) is 0 Å². The van der Waals surface area contributed by atoms with Crippen molar-refractivity contribution in [2.24, 2.45) is 0 Å². The number of hydrogen-bond donors (Lipinski definition) is 1. The van der Waals surface area contributed by atoms with Crippen LogP contribution in [0.1, 0.15) is 33.3 Å². The normalized spacial score (nSPS) is 8.68. The van der Waals surface area contributed by atoms with Crippen molar-refractivity contribution in [1.29, 1.82) is 0 Å². The molecular weight excluding hydrogens is 252 g/mol.